The minimum Gasteiger partial charge on any atom is -0.477 e. The normalized spacial score (nSPS) is 10.8. The number of nitrogens with one attached hydrogen (secondary N) is 1. The molecule has 0 aliphatic heterocycles. The summed E-state index contributed by atoms with van der Waals surface area (Å²) in [6, 6.07) is 4.82. The Morgan fingerprint density at radius 3 is 2.70 bits per heavy atom. The quantitative estimate of drug-likeness (QED) is 0.887. The lowest BCUT2D eigenvalue weighted by molar-refractivity contribution is 0.0690. The summed E-state index contributed by atoms with van der Waals surface area (Å²) in [6.07, 6.45) is 2.50. The average molecular weight is 297 g/mol. The van der Waals surface area contributed by atoms with Gasteiger partial charge in [0.15, 0.2) is 0 Å². The Kier molecular flexibility index (Phi) is 4.44. The van der Waals surface area contributed by atoms with Gasteiger partial charge in [-0.1, -0.05) is 0 Å². The van der Waals surface area contributed by atoms with Gasteiger partial charge in [0.25, 0.3) is 0 Å². The van der Waals surface area contributed by atoms with E-state index < -0.39 is 17.6 Å². The second-order valence-electron chi connectivity index (χ2n) is 4.26. The fourth-order valence-electron chi connectivity index (χ4n) is 1.95. The van der Waals surface area contributed by atoms with E-state index in [1.165, 1.54) is 6.07 Å². The molecule has 0 saturated carbocycles. The molecule has 2 aromatic rings. The molecule has 2 N–H and O–H groups in total. The summed E-state index contributed by atoms with van der Waals surface area (Å²) in [4.78, 5) is 13.9. The van der Waals surface area contributed by atoms with Crippen molar-refractivity contribution in [2.75, 3.05) is 12.0 Å². The number of aryl methyl sites for hydroxylation is 1. The molecule has 3 nitrogen and oxygen atoms in total. The number of carbonyl (C=O) groups is 1. The minimum atomic E-state index is -1.09. The van der Waals surface area contributed by atoms with Crippen LogP contribution in [0, 0.1) is 11.6 Å². The zero-order valence-corrected chi connectivity index (χ0v) is 11.6. The minimum absolute atomic E-state index is 0.0535. The molecule has 1 aromatic carbocycles. The topological polar surface area (TPSA) is 53.1 Å². The Labute approximate surface area is 119 Å². The van der Waals surface area contributed by atoms with Gasteiger partial charge in [0.2, 0.25) is 0 Å². The lowest BCUT2D eigenvalue weighted by Gasteiger charge is -2.00. The van der Waals surface area contributed by atoms with E-state index in [0.717, 1.165) is 17.9 Å². The number of H-pyrrole nitrogens is 1. The third-order valence-electron chi connectivity index (χ3n) is 2.91. The van der Waals surface area contributed by atoms with Gasteiger partial charge in [-0.05, 0) is 42.2 Å². The van der Waals surface area contributed by atoms with Crippen LogP contribution >= 0.6 is 11.8 Å². The second kappa shape index (κ2) is 6.09. The van der Waals surface area contributed by atoms with E-state index in [9.17, 15) is 13.6 Å². The molecule has 0 saturated heterocycles. The molecule has 0 amide bonds. The molecule has 1 aromatic heterocycles. The van der Waals surface area contributed by atoms with Crippen molar-refractivity contribution in [2.24, 2.45) is 0 Å². The highest BCUT2D eigenvalue weighted by Crippen LogP contribution is 2.26. The van der Waals surface area contributed by atoms with Crippen LogP contribution in [0.25, 0.3) is 11.3 Å². The molecule has 6 heteroatoms. The van der Waals surface area contributed by atoms with E-state index in [4.69, 9.17) is 5.11 Å². The van der Waals surface area contributed by atoms with Crippen LogP contribution in [0.2, 0.25) is 0 Å². The highest BCUT2D eigenvalue weighted by Gasteiger charge is 2.17. The van der Waals surface area contributed by atoms with E-state index in [2.05, 4.69) is 4.98 Å². The molecule has 0 atom stereocenters. The van der Waals surface area contributed by atoms with Crippen LogP contribution in [0.15, 0.2) is 24.3 Å². The number of aromatic amines is 1. The van der Waals surface area contributed by atoms with Gasteiger partial charge in [0, 0.05) is 17.3 Å². The Bertz CT molecular complexity index is 640. The highest BCUT2D eigenvalue weighted by molar-refractivity contribution is 7.98. The van der Waals surface area contributed by atoms with Crippen molar-refractivity contribution in [2.45, 2.75) is 6.42 Å². The van der Waals surface area contributed by atoms with Crippen molar-refractivity contribution >= 4 is 17.7 Å². The zero-order chi connectivity index (χ0) is 14.7. The van der Waals surface area contributed by atoms with Gasteiger partial charge in [0.05, 0.1) is 0 Å². The summed E-state index contributed by atoms with van der Waals surface area (Å²) in [5.74, 6) is -1.71. The van der Waals surface area contributed by atoms with E-state index in [0.29, 0.717) is 17.7 Å². The molecule has 20 heavy (non-hydrogen) atoms. The van der Waals surface area contributed by atoms with Crippen LogP contribution in [-0.4, -0.2) is 28.1 Å². The van der Waals surface area contributed by atoms with Crippen LogP contribution in [0.1, 0.15) is 16.1 Å². The lowest BCUT2D eigenvalue weighted by atomic mass is 10.1. The fraction of sp³-hybridized carbons (Fsp3) is 0.214. The van der Waals surface area contributed by atoms with Gasteiger partial charge >= 0.3 is 5.97 Å². The maximum Gasteiger partial charge on any atom is 0.352 e. The Morgan fingerprint density at radius 1 is 1.35 bits per heavy atom. The number of carboxylic acids is 1. The molecule has 106 valence electrons. The molecule has 0 aliphatic rings. The van der Waals surface area contributed by atoms with E-state index in [1.807, 2.05) is 6.26 Å². The lowest BCUT2D eigenvalue weighted by Crippen LogP contribution is -2.02. The fourth-order valence-corrected chi connectivity index (χ4v) is 2.37. The van der Waals surface area contributed by atoms with Crippen LogP contribution in [0.4, 0.5) is 8.78 Å². The van der Waals surface area contributed by atoms with Crippen molar-refractivity contribution in [1.82, 2.24) is 4.98 Å². The standard InChI is InChI=1S/C14H13F2NO2S/c1-20-5-4-8-6-12(17-13(8)14(18)19)10-3-2-9(15)7-11(10)16/h2-3,6-7,17H,4-5H2,1H3,(H,18,19). The summed E-state index contributed by atoms with van der Waals surface area (Å²) in [5, 5.41) is 9.15. The smallest absolute Gasteiger partial charge is 0.352 e. The summed E-state index contributed by atoms with van der Waals surface area (Å²) < 4.78 is 26.6. The van der Waals surface area contributed by atoms with Crippen molar-refractivity contribution < 1.29 is 18.7 Å². The van der Waals surface area contributed by atoms with Gasteiger partial charge in [-0.15, -0.1) is 0 Å². The highest BCUT2D eigenvalue weighted by atomic mass is 32.2. The third kappa shape index (κ3) is 3.01. The summed E-state index contributed by atoms with van der Waals surface area (Å²) in [6.45, 7) is 0. The maximum atomic E-state index is 13.7. The van der Waals surface area contributed by atoms with Crippen LogP contribution in [-0.2, 0) is 6.42 Å². The van der Waals surface area contributed by atoms with E-state index >= 15 is 0 Å². The number of aromatic carboxylic acids is 1. The number of hydrogen-bond donors (Lipinski definition) is 2. The van der Waals surface area contributed by atoms with Gasteiger partial charge in [-0.3, -0.25) is 0 Å². The van der Waals surface area contributed by atoms with Crippen LogP contribution in [0.3, 0.4) is 0 Å². The maximum absolute atomic E-state index is 13.7. The van der Waals surface area contributed by atoms with Crippen molar-refractivity contribution in [3.8, 4) is 11.3 Å². The van der Waals surface area contributed by atoms with Gasteiger partial charge < -0.3 is 10.1 Å². The summed E-state index contributed by atoms with van der Waals surface area (Å²) in [5.41, 5.74) is 1.17. The monoisotopic (exact) mass is 297 g/mol. The first-order chi connectivity index (χ1) is 9.52. The molecule has 0 aliphatic carbocycles. The predicted molar refractivity (Wildman–Crippen MR) is 75.2 cm³/mol. The molecule has 0 spiro atoms. The second-order valence-corrected chi connectivity index (χ2v) is 5.24. The number of carboxylic acid groups (broad SMARTS) is 1. The number of rotatable bonds is 5. The Morgan fingerprint density at radius 2 is 2.10 bits per heavy atom. The molecule has 0 radical (unpaired) electrons. The summed E-state index contributed by atoms with van der Waals surface area (Å²) in [7, 11) is 0. The molecule has 2 rings (SSSR count). The number of benzene rings is 1. The number of aromatic nitrogens is 1. The number of thioether (sulfide) groups is 1. The predicted octanol–water partition coefficient (Wildman–Crippen LogP) is 3.56. The van der Waals surface area contributed by atoms with Crippen molar-refractivity contribution in [3.05, 3.63) is 47.2 Å². The first-order valence-corrected chi connectivity index (χ1v) is 7.32. The van der Waals surface area contributed by atoms with E-state index in [1.54, 1.807) is 17.8 Å². The third-order valence-corrected chi connectivity index (χ3v) is 3.52. The first-order valence-electron chi connectivity index (χ1n) is 5.92. The largest absolute Gasteiger partial charge is 0.477 e. The first kappa shape index (κ1) is 14.6. The van der Waals surface area contributed by atoms with E-state index in [-0.39, 0.29) is 11.3 Å². The SMILES string of the molecule is CSCCc1cc(-c2ccc(F)cc2F)[nH]c1C(=O)O. The van der Waals surface area contributed by atoms with Crippen LogP contribution < -0.4 is 0 Å². The zero-order valence-electron chi connectivity index (χ0n) is 10.7. The molecule has 0 unspecified atom stereocenters. The molecule has 0 fully saturated rings. The van der Waals surface area contributed by atoms with Gasteiger partial charge in [-0.25, -0.2) is 13.6 Å². The van der Waals surface area contributed by atoms with Crippen molar-refractivity contribution in [1.29, 1.82) is 0 Å². The van der Waals surface area contributed by atoms with Crippen molar-refractivity contribution in [3.63, 3.8) is 0 Å². The van der Waals surface area contributed by atoms with Gasteiger partial charge in [0.1, 0.15) is 17.3 Å². The number of halogens is 2. The molecule has 0 bridgehead atoms. The number of hydrogen-bond acceptors (Lipinski definition) is 2. The van der Waals surface area contributed by atoms with Crippen LogP contribution in [0.5, 0.6) is 0 Å². The molecule has 1 heterocycles. The van der Waals surface area contributed by atoms with Gasteiger partial charge in [-0.2, -0.15) is 11.8 Å². The molecular formula is C14H13F2NO2S. The summed E-state index contributed by atoms with van der Waals surface area (Å²) >= 11 is 1.60. The Hall–Kier alpha value is -1.82. The molecular weight excluding hydrogens is 284 g/mol. The Balaban J connectivity index is 2.44. The average Bonchev–Trinajstić information content (AvgIpc) is 2.80.